The zero-order valence-electron chi connectivity index (χ0n) is 14.0. The minimum atomic E-state index is -1.07. The molecule has 2 heterocycles. The number of β-lactam (4-membered cyclic amide) rings is 1. The summed E-state index contributed by atoms with van der Waals surface area (Å²) >= 11 is 0. The molecule has 3 unspecified atom stereocenters. The number of primary amides is 1. The molecule has 3 N–H and O–H groups in total. The number of nitrogens with two attached hydrogens (primary N) is 1. The average Bonchev–Trinajstić information content (AvgIpc) is 2.81. The molecule has 2 aliphatic heterocycles. The van der Waals surface area contributed by atoms with Gasteiger partial charge in [0.15, 0.2) is 0 Å². The van der Waals surface area contributed by atoms with Crippen LogP contribution in [0.3, 0.4) is 0 Å². The summed E-state index contributed by atoms with van der Waals surface area (Å²) in [6, 6.07) is -1.07. The minimum absolute atomic E-state index is 0.184. The highest BCUT2D eigenvalue weighted by atomic mass is 16.6. The number of carbonyl (C=O) groups is 3. The van der Waals surface area contributed by atoms with E-state index in [0.717, 1.165) is 0 Å². The number of amides is 3. The van der Waals surface area contributed by atoms with Gasteiger partial charge in [0.05, 0.1) is 12.6 Å². The highest BCUT2D eigenvalue weighted by Crippen LogP contribution is 2.41. The van der Waals surface area contributed by atoms with Crippen LogP contribution in [0, 0.1) is 0 Å². The van der Waals surface area contributed by atoms with E-state index in [2.05, 4.69) is 0 Å². The van der Waals surface area contributed by atoms with Crippen LogP contribution in [0.4, 0.5) is 4.79 Å². The number of hydrogen-bond acceptors (Lipinski definition) is 5. The van der Waals surface area contributed by atoms with Gasteiger partial charge in [-0.1, -0.05) is 0 Å². The fourth-order valence-electron chi connectivity index (χ4n) is 3.32. The van der Waals surface area contributed by atoms with Gasteiger partial charge in [-0.2, -0.15) is 0 Å². The van der Waals surface area contributed by atoms with E-state index in [1.54, 1.807) is 20.8 Å². The van der Waals surface area contributed by atoms with Gasteiger partial charge in [0.2, 0.25) is 5.91 Å². The summed E-state index contributed by atoms with van der Waals surface area (Å²) in [6.07, 6.45) is -0.387. The van der Waals surface area contributed by atoms with Crippen LogP contribution in [0.15, 0.2) is 0 Å². The second kappa shape index (κ2) is 5.67. The average molecular weight is 327 g/mol. The Morgan fingerprint density at radius 3 is 2.43 bits per heavy atom. The van der Waals surface area contributed by atoms with Gasteiger partial charge in [-0.05, 0) is 40.5 Å². The molecule has 0 radical (unpaired) electrons. The quantitative estimate of drug-likeness (QED) is 0.699. The Labute approximate surface area is 135 Å². The topological polar surface area (TPSA) is 113 Å². The number of rotatable bonds is 3. The van der Waals surface area contributed by atoms with Crippen molar-refractivity contribution in [1.82, 2.24) is 9.80 Å². The van der Waals surface area contributed by atoms with Crippen LogP contribution in [0.1, 0.15) is 40.5 Å². The first kappa shape index (κ1) is 17.5. The van der Waals surface area contributed by atoms with Crippen molar-refractivity contribution in [1.29, 1.82) is 0 Å². The third-order valence-electron chi connectivity index (χ3n) is 4.28. The molecule has 130 valence electrons. The smallest absolute Gasteiger partial charge is 0.411 e. The first-order valence-electron chi connectivity index (χ1n) is 7.79. The SMILES string of the molecule is CC(O)C(C(N)=O)N1CC2(CCCN2C(=O)OC(C)(C)C)C1=O. The number of hydrogen-bond donors (Lipinski definition) is 2. The highest BCUT2D eigenvalue weighted by Gasteiger charge is 2.62. The monoisotopic (exact) mass is 327 g/mol. The maximum atomic E-state index is 12.7. The van der Waals surface area contributed by atoms with Crippen LogP contribution in [0.5, 0.6) is 0 Å². The van der Waals surface area contributed by atoms with E-state index >= 15 is 0 Å². The van der Waals surface area contributed by atoms with Gasteiger partial charge < -0.3 is 20.5 Å². The van der Waals surface area contributed by atoms with Gasteiger partial charge in [-0.3, -0.25) is 14.5 Å². The lowest BCUT2D eigenvalue weighted by atomic mass is 9.83. The van der Waals surface area contributed by atoms with Crippen molar-refractivity contribution in [3.8, 4) is 0 Å². The summed E-state index contributed by atoms with van der Waals surface area (Å²) in [5, 5.41) is 9.69. The first-order chi connectivity index (χ1) is 10.5. The first-order valence-corrected chi connectivity index (χ1v) is 7.79. The van der Waals surface area contributed by atoms with Crippen molar-refractivity contribution in [2.45, 2.75) is 63.8 Å². The summed E-state index contributed by atoms with van der Waals surface area (Å²) in [7, 11) is 0. The van der Waals surface area contributed by atoms with Crippen LogP contribution in [-0.2, 0) is 14.3 Å². The Balaban J connectivity index is 2.16. The number of aliphatic hydroxyl groups is 1. The second-order valence-corrected chi connectivity index (χ2v) is 7.29. The van der Waals surface area contributed by atoms with E-state index in [9.17, 15) is 19.5 Å². The third-order valence-corrected chi connectivity index (χ3v) is 4.28. The summed E-state index contributed by atoms with van der Waals surface area (Å²) in [6.45, 7) is 7.32. The molecule has 1 spiro atoms. The number of likely N-dealkylation sites (tertiary alicyclic amines) is 2. The lowest BCUT2D eigenvalue weighted by molar-refractivity contribution is -0.171. The van der Waals surface area contributed by atoms with E-state index < -0.39 is 35.3 Å². The molecule has 0 bridgehead atoms. The minimum Gasteiger partial charge on any atom is -0.444 e. The van der Waals surface area contributed by atoms with Crippen LogP contribution >= 0.6 is 0 Å². The summed E-state index contributed by atoms with van der Waals surface area (Å²) in [5.41, 5.74) is 3.66. The molecule has 2 aliphatic rings. The number of aliphatic hydroxyl groups excluding tert-OH is 1. The summed E-state index contributed by atoms with van der Waals surface area (Å²) in [5.74, 6) is -1.12. The molecule has 3 atom stereocenters. The molecule has 0 saturated carbocycles. The van der Waals surface area contributed by atoms with Gasteiger partial charge in [0, 0.05) is 6.54 Å². The second-order valence-electron chi connectivity index (χ2n) is 7.29. The normalized spacial score (nSPS) is 26.9. The van der Waals surface area contributed by atoms with Gasteiger partial charge in [-0.25, -0.2) is 4.79 Å². The van der Waals surface area contributed by atoms with E-state index in [1.165, 1.54) is 16.7 Å². The van der Waals surface area contributed by atoms with Crippen molar-refractivity contribution in [2.75, 3.05) is 13.1 Å². The molecule has 23 heavy (non-hydrogen) atoms. The van der Waals surface area contributed by atoms with Gasteiger partial charge in [0.25, 0.3) is 5.91 Å². The molecule has 8 nitrogen and oxygen atoms in total. The van der Waals surface area contributed by atoms with Crippen molar-refractivity contribution in [3.05, 3.63) is 0 Å². The lowest BCUT2D eigenvalue weighted by Gasteiger charge is -2.53. The molecule has 3 amide bonds. The van der Waals surface area contributed by atoms with E-state index in [-0.39, 0.29) is 12.5 Å². The molecule has 2 rings (SSSR count). The maximum absolute atomic E-state index is 12.7. The lowest BCUT2D eigenvalue weighted by Crippen LogP contribution is -2.77. The molecule has 0 aliphatic carbocycles. The number of carbonyl (C=O) groups excluding carboxylic acids is 3. The number of nitrogens with zero attached hydrogens (tertiary/aromatic N) is 2. The molecule has 8 heteroatoms. The predicted molar refractivity (Wildman–Crippen MR) is 81.3 cm³/mol. The predicted octanol–water partition coefficient (Wildman–Crippen LogP) is -0.167. The van der Waals surface area contributed by atoms with Crippen LogP contribution in [0.2, 0.25) is 0 Å². The molecule has 0 aromatic carbocycles. The zero-order valence-corrected chi connectivity index (χ0v) is 14.0. The Kier molecular flexibility index (Phi) is 4.32. The van der Waals surface area contributed by atoms with Crippen molar-refractivity contribution in [2.24, 2.45) is 5.73 Å². The molecule has 2 fully saturated rings. The van der Waals surface area contributed by atoms with Crippen LogP contribution in [0.25, 0.3) is 0 Å². The van der Waals surface area contributed by atoms with Gasteiger partial charge in [0.1, 0.15) is 17.2 Å². The van der Waals surface area contributed by atoms with Crippen molar-refractivity contribution in [3.63, 3.8) is 0 Å². The Hall–Kier alpha value is -1.83. The standard InChI is InChI=1S/C15H25N3O5/c1-9(19)10(11(16)20)17-8-15(12(17)21)6-5-7-18(15)13(22)23-14(2,3)4/h9-10,19H,5-8H2,1-4H3,(H2,16,20). The third kappa shape index (κ3) is 2.99. The van der Waals surface area contributed by atoms with Gasteiger partial charge >= 0.3 is 6.09 Å². The fraction of sp³-hybridized carbons (Fsp3) is 0.800. The molecular weight excluding hydrogens is 302 g/mol. The van der Waals surface area contributed by atoms with E-state index in [1.807, 2.05) is 0 Å². The Morgan fingerprint density at radius 2 is 2.00 bits per heavy atom. The summed E-state index contributed by atoms with van der Waals surface area (Å²) in [4.78, 5) is 39.2. The molecular formula is C15H25N3O5. The molecule has 2 saturated heterocycles. The van der Waals surface area contributed by atoms with Crippen molar-refractivity contribution >= 4 is 17.9 Å². The largest absolute Gasteiger partial charge is 0.444 e. The van der Waals surface area contributed by atoms with Crippen LogP contribution < -0.4 is 5.73 Å². The van der Waals surface area contributed by atoms with Crippen molar-refractivity contribution < 1.29 is 24.2 Å². The molecule has 0 aromatic heterocycles. The van der Waals surface area contributed by atoms with Crippen LogP contribution in [-0.4, -0.2) is 69.2 Å². The molecule has 0 aromatic rings. The number of ether oxygens (including phenoxy) is 1. The fourth-order valence-corrected chi connectivity index (χ4v) is 3.32. The zero-order chi connectivity index (χ0) is 17.6. The maximum Gasteiger partial charge on any atom is 0.411 e. The van der Waals surface area contributed by atoms with E-state index in [0.29, 0.717) is 19.4 Å². The Bertz CT molecular complexity index is 528. The highest BCUT2D eigenvalue weighted by molar-refractivity contribution is 5.99. The van der Waals surface area contributed by atoms with E-state index in [4.69, 9.17) is 10.5 Å². The Morgan fingerprint density at radius 1 is 1.39 bits per heavy atom. The van der Waals surface area contributed by atoms with Gasteiger partial charge in [-0.15, -0.1) is 0 Å². The summed E-state index contributed by atoms with van der Waals surface area (Å²) < 4.78 is 5.37.